The molecule has 6 heteroatoms. The molecule has 0 fully saturated rings. The lowest BCUT2D eigenvalue weighted by molar-refractivity contribution is 0.549. The number of halogens is 1. The van der Waals surface area contributed by atoms with Crippen molar-refractivity contribution in [3.05, 3.63) is 45.6 Å². The maximum atomic E-state index is 5.73. The summed E-state index contributed by atoms with van der Waals surface area (Å²) in [4.78, 5) is 8.25. The minimum absolute atomic E-state index is 0.0101. The van der Waals surface area contributed by atoms with Gasteiger partial charge >= 0.3 is 0 Å². The molecule has 0 spiro atoms. The summed E-state index contributed by atoms with van der Waals surface area (Å²) >= 11 is 7.34. The summed E-state index contributed by atoms with van der Waals surface area (Å²) in [6.45, 7) is 0. The van der Waals surface area contributed by atoms with Gasteiger partial charge in [0.05, 0.1) is 11.0 Å². The average Bonchev–Trinajstić information content (AvgIpc) is 2.80. The molecule has 0 aliphatic rings. The first-order valence-corrected chi connectivity index (χ1v) is 6.01. The normalized spacial score (nSPS) is 12.6. The van der Waals surface area contributed by atoms with E-state index in [1.807, 2.05) is 11.4 Å². The molecule has 0 saturated carbocycles. The molecule has 0 saturated heterocycles. The van der Waals surface area contributed by atoms with E-state index in [0.29, 0.717) is 5.15 Å². The summed E-state index contributed by atoms with van der Waals surface area (Å²) in [6, 6.07) is 3.67. The zero-order valence-electron chi connectivity index (χ0n) is 8.43. The summed E-state index contributed by atoms with van der Waals surface area (Å²) < 4.78 is 0. The van der Waals surface area contributed by atoms with Crippen LogP contribution in [0.2, 0.25) is 5.15 Å². The number of nitrogens with zero attached hydrogens (tertiary/aromatic N) is 2. The fourth-order valence-corrected chi connectivity index (χ4v) is 2.17. The third-order valence-corrected chi connectivity index (χ3v) is 3.24. The summed E-state index contributed by atoms with van der Waals surface area (Å²) in [5, 5.41) is 3.47. The van der Waals surface area contributed by atoms with Gasteiger partial charge in [0.2, 0.25) is 0 Å². The molecule has 16 heavy (non-hydrogen) atoms. The third-order valence-electron chi connectivity index (χ3n) is 2.22. The number of pyridine rings is 1. The topological polar surface area (TPSA) is 63.8 Å². The smallest absolute Gasteiger partial charge is 0.129 e. The van der Waals surface area contributed by atoms with Crippen molar-refractivity contribution in [2.75, 3.05) is 0 Å². The Hall–Kier alpha value is -1.01. The Labute approximate surface area is 102 Å². The summed E-state index contributed by atoms with van der Waals surface area (Å²) in [7, 11) is 0. The fourth-order valence-electron chi connectivity index (χ4n) is 1.39. The number of hydrazine groups is 1. The number of aromatic nitrogens is 2. The van der Waals surface area contributed by atoms with E-state index in [4.69, 9.17) is 17.4 Å². The Bertz CT molecular complexity index is 429. The van der Waals surface area contributed by atoms with Gasteiger partial charge in [0.15, 0.2) is 0 Å². The second kappa shape index (κ2) is 5.36. The van der Waals surface area contributed by atoms with Crippen molar-refractivity contribution in [1.82, 2.24) is 15.4 Å². The quantitative estimate of drug-likeness (QED) is 0.497. The van der Waals surface area contributed by atoms with Crippen molar-refractivity contribution in [1.29, 1.82) is 0 Å². The maximum Gasteiger partial charge on any atom is 0.129 e. The van der Waals surface area contributed by atoms with Crippen LogP contribution < -0.4 is 11.3 Å². The molecular weight excluding hydrogens is 244 g/mol. The third kappa shape index (κ3) is 2.76. The largest absolute Gasteiger partial charge is 0.271 e. The van der Waals surface area contributed by atoms with Gasteiger partial charge in [-0.3, -0.25) is 11.3 Å². The first-order chi connectivity index (χ1) is 7.79. The Balaban J connectivity index is 2.13. The van der Waals surface area contributed by atoms with E-state index in [9.17, 15) is 0 Å². The van der Waals surface area contributed by atoms with Gasteiger partial charge in [-0.05, 0) is 11.6 Å². The SMILES string of the molecule is NNC(Cc1nccs1)c1ccc(Cl)nc1. The number of nitrogens with two attached hydrogens (primary N) is 1. The van der Waals surface area contributed by atoms with Crippen LogP contribution in [0.4, 0.5) is 0 Å². The number of hydrogen-bond donors (Lipinski definition) is 2. The Morgan fingerprint density at radius 1 is 1.44 bits per heavy atom. The van der Waals surface area contributed by atoms with E-state index in [-0.39, 0.29) is 6.04 Å². The van der Waals surface area contributed by atoms with E-state index in [1.165, 1.54) is 0 Å². The highest BCUT2D eigenvalue weighted by Crippen LogP contribution is 2.19. The second-order valence-corrected chi connectivity index (χ2v) is 4.63. The summed E-state index contributed by atoms with van der Waals surface area (Å²) in [6.07, 6.45) is 4.26. The van der Waals surface area contributed by atoms with E-state index in [0.717, 1.165) is 17.0 Å². The molecule has 1 unspecified atom stereocenters. The fraction of sp³-hybridized carbons (Fsp3) is 0.200. The van der Waals surface area contributed by atoms with E-state index in [1.54, 1.807) is 29.8 Å². The lowest BCUT2D eigenvalue weighted by Gasteiger charge is -2.14. The lowest BCUT2D eigenvalue weighted by atomic mass is 10.1. The Morgan fingerprint density at radius 2 is 2.31 bits per heavy atom. The van der Waals surface area contributed by atoms with Gasteiger partial charge in [0.25, 0.3) is 0 Å². The minimum atomic E-state index is 0.0101. The van der Waals surface area contributed by atoms with Crippen LogP contribution in [0.3, 0.4) is 0 Å². The van der Waals surface area contributed by atoms with Crippen molar-refractivity contribution in [3.8, 4) is 0 Å². The maximum absolute atomic E-state index is 5.73. The zero-order valence-corrected chi connectivity index (χ0v) is 10.0. The van der Waals surface area contributed by atoms with Crippen molar-refractivity contribution in [2.24, 2.45) is 5.84 Å². The molecule has 2 rings (SSSR count). The molecule has 0 amide bonds. The van der Waals surface area contributed by atoms with Crippen LogP contribution in [0.25, 0.3) is 0 Å². The van der Waals surface area contributed by atoms with Gasteiger partial charge < -0.3 is 0 Å². The first kappa shape index (κ1) is 11.5. The molecule has 84 valence electrons. The molecule has 0 bridgehead atoms. The monoisotopic (exact) mass is 254 g/mol. The molecule has 3 N–H and O–H groups in total. The van der Waals surface area contributed by atoms with Crippen LogP contribution in [0.5, 0.6) is 0 Å². The molecule has 4 nitrogen and oxygen atoms in total. The average molecular weight is 255 g/mol. The van der Waals surface area contributed by atoms with Crippen molar-refractivity contribution in [3.63, 3.8) is 0 Å². The molecule has 1 atom stereocenters. The molecular formula is C10H11ClN4S. The van der Waals surface area contributed by atoms with Crippen LogP contribution in [0.1, 0.15) is 16.6 Å². The van der Waals surface area contributed by atoms with Gasteiger partial charge in [0, 0.05) is 24.2 Å². The van der Waals surface area contributed by atoms with Gasteiger partial charge in [-0.15, -0.1) is 11.3 Å². The van der Waals surface area contributed by atoms with Crippen molar-refractivity contribution >= 4 is 22.9 Å². The van der Waals surface area contributed by atoms with Crippen LogP contribution in [-0.4, -0.2) is 9.97 Å². The molecule has 0 aliphatic carbocycles. The lowest BCUT2D eigenvalue weighted by Crippen LogP contribution is -2.29. The zero-order chi connectivity index (χ0) is 11.4. The van der Waals surface area contributed by atoms with Gasteiger partial charge in [-0.1, -0.05) is 17.7 Å². The molecule has 0 aliphatic heterocycles. The van der Waals surface area contributed by atoms with Gasteiger partial charge in [0.1, 0.15) is 5.15 Å². The molecule has 0 aromatic carbocycles. The number of hydrogen-bond acceptors (Lipinski definition) is 5. The Kier molecular flexibility index (Phi) is 3.84. The highest BCUT2D eigenvalue weighted by atomic mass is 35.5. The first-order valence-electron chi connectivity index (χ1n) is 4.75. The number of rotatable bonds is 4. The van der Waals surface area contributed by atoms with Crippen LogP contribution in [0.15, 0.2) is 29.9 Å². The van der Waals surface area contributed by atoms with Crippen LogP contribution >= 0.6 is 22.9 Å². The summed E-state index contributed by atoms with van der Waals surface area (Å²) in [5.41, 5.74) is 3.76. The van der Waals surface area contributed by atoms with Crippen LogP contribution in [0, 0.1) is 0 Å². The standard InChI is InChI=1S/C10H11ClN4S/c11-9-2-1-7(6-14-9)8(15-12)5-10-13-3-4-16-10/h1-4,6,8,15H,5,12H2. The van der Waals surface area contributed by atoms with Crippen molar-refractivity contribution < 1.29 is 0 Å². The van der Waals surface area contributed by atoms with Gasteiger partial charge in [-0.25, -0.2) is 9.97 Å². The molecule has 0 radical (unpaired) electrons. The molecule has 2 heterocycles. The highest BCUT2D eigenvalue weighted by Gasteiger charge is 2.12. The van der Waals surface area contributed by atoms with Crippen LogP contribution in [-0.2, 0) is 6.42 Å². The van der Waals surface area contributed by atoms with E-state index >= 15 is 0 Å². The highest BCUT2D eigenvalue weighted by molar-refractivity contribution is 7.09. The predicted molar refractivity (Wildman–Crippen MR) is 65.1 cm³/mol. The summed E-state index contributed by atoms with van der Waals surface area (Å²) in [5.74, 6) is 5.53. The van der Waals surface area contributed by atoms with E-state index < -0.39 is 0 Å². The second-order valence-electron chi connectivity index (χ2n) is 3.26. The number of thiazole rings is 1. The molecule has 2 aromatic rings. The van der Waals surface area contributed by atoms with Gasteiger partial charge in [-0.2, -0.15) is 0 Å². The molecule has 2 aromatic heterocycles. The van der Waals surface area contributed by atoms with E-state index in [2.05, 4.69) is 15.4 Å². The Morgan fingerprint density at radius 3 is 2.88 bits per heavy atom. The minimum Gasteiger partial charge on any atom is -0.271 e. The predicted octanol–water partition coefficient (Wildman–Crippen LogP) is 1.94. The van der Waals surface area contributed by atoms with Crippen molar-refractivity contribution in [2.45, 2.75) is 12.5 Å². The number of nitrogens with one attached hydrogen (secondary N) is 1.